The predicted octanol–water partition coefficient (Wildman–Crippen LogP) is 0.539. The van der Waals surface area contributed by atoms with Crippen LogP contribution in [0.2, 0.25) is 0 Å². The number of rotatable bonds is 6. The molecule has 1 aliphatic heterocycles. The van der Waals surface area contributed by atoms with Gasteiger partial charge in [-0.25, -0.2) is 0 Å². The molecule has 0 radical (unpaired) electrons. The van der Waals surface area contributed by atoms with Crippen molar-refractivity contribution in [1.29, 1.82) is 0 Å². The molecule has 1 rings (SSSR count). The summed E-state index contributed by atoms with van der Waals surface area (Å²) in [6.45, 7) is 8.80. The molecule has 0 saturated carbocycles. The lowest BCUT2D eigenvalue weighted by Gasteiger charge is -2.28. The molecule has 0 aromatic heterocycles. The van der Waals surface area contributed by atoms with Crippen LogP contribution in [0.25, 0.3) is 0 Å². The normalized spacial score (nSPS) is 17.6. The maximum Gasteiger partial charge on any atom is 0.236 e. The molecular weight excluding hydrogens is 202 g/mol. The second-order valence-corrected chi connectivity index (χ2v) is 4.84. The lowest BCUT2D eigenvalue weighted by Crippen LogP contribution is -2.48. The fraction of sp³-hybridized carbons (Fsp3) is 0.917. The second-order valence-electron chi connectivity index (χ2n) is 4.84. The number of hydrogen-bond acceptors (Lipinski definition) is 3. The highest BCUT2D eigenvalue weighted by Gasteiger charge is 2.16. The Bertz CT molecular complexity index is 218. The van der Waals surface area contributed by atoms with Crippen LogP contribution in [0.3, 0.4) is 0 Å². The predicted molar refractivity (Wildman–Crippen MR) is 66.4 cm³/mol. The van der Waals surface area contributed by atoms with E-state index in [1.54, 1.807) is 0 Å². The Kier molecular flexibility index (Phi) is 5.77. The molecule has 1 amide bonds. The van der Waals surface area contributed by atoms with Crippen molar-refractivity contribution >= 4 is 5.91 Å². The highest BCUT2D eigenvalue weighted by atomic mass is 16.2. The molecule has 0 atom stereocenters. The number of carbonyl (C=O) groups is 1. The van der Waals surface area contributed by atoms with Crippen LogP contribution in [0.15, 0.2) is 0 Å². The van der Waals surface area contributed by atoms with Gasteiger partial charge in [0, 0.05) is 25.7 Å². The van der Waals surface area contributed by atoms with E-state index in [-0.39, 0.29) is 5.91 Å². The first-order chi connectivity index (χ1) is 7.61. The zero-order valence-corrected chi connectivity index (χ0v) is 10.8. The van der Waals surface area contributed by atoms with E-state index in [0.717, 1.165) is 32.6 Å². The van der Waals surface area contributed by atoms with Gasteiger partial charge in [0.05, 0.1) is 6.54 Å². The molecule has 1 heterocycles. The number of unbranched alkanes of at least 4 members (excludes halogenated alkanes) is 1. The summed E-state index contributed by atoms with van der Waals surface area (Å²) < 4.78 is 0. The van der Waals surface area contributed by atoms with Crippen molar-refractivity contribution in [2.75, 3.05) is 39.8 Å². The van der Waals surface area contributed by atoms with E-state index in [0.29, 0.717) is 12.6 Å². The molecular formula is C12H25N3O. The zero-order chi connectivity index (χ0) is 12.0. The maximum absolute atomic E-state index is 11.5. The largest absolute Gasteiger partial charge is 0.340 e. The van der Waals surface area contributed by atoms with E-state index >= 15 is 0 Å². The lowest BCUT2D eigenvalue weighted by molar-refractivity contribution is -0.131. The topological polar surface area (TPSA) is 35.6 Å². The number of carbonyl (C=O) groups excluding carboxylic acids is 1. The van der Waals surface area contributed by atoms with Crippen molar-refractivity contribution in [2.24, 2.45) is 0 Å². The minimum atomic E-state index is 0.253. The van der Waals surface area contributed by atoms with Gasteiger partial charge in [0.1, 0.15) is 0 Å². The summed E-state index contributed by atoms with van der Waals surface area (Å²) in [6.07, 6.45) is 2.29. The van der Waals surface area contributed by atoms with E-state index in [4.69, 9.17) is 0 Å². The molecule has 0 unspecified atom stereocenters. The van der Waals surface area contributed by atoms with E-state index in [2.05, 4.69) is 31.1 Å². The average molecular weight is 227 g/mol. The molecule has 4 heteroatoms. The van der Waals surface area contributed by atoms with Crippen molar-refractivity contribution < 1.29 is 4.79 Å². The standard InChI is InChI=1S/C12H25N3O/c1-11(2)14(3)7-4-5-8-15-9-6-13-10-12(15)16/h11,13H,4-10H2,1-3H3. The van der Waals surface area contributed by atoms with Gasteiger partial charge in [-0.15, -0.1) is 0 Å². The van der Waals surface area contributed by atoms with Crippen LogP contribution in [0.5, 0.6) is 0 Å². The monoisotopic (exact) mass is 227 g/mol. The third-order valence-corrected chi connectivity index (χ3v) is 3.26. The maximum atomic E-state index is 11.5. The molecule has 0 aliphatic carbocycles. The van der Waals surface area contributed by atoms with Crippen molar-refractivity contribution in [1.82, 2.24) is 15.1 Å². The highest BCUT2D eigenvalue weighted by molar-refractivity contribution is 5.78. The zero-order valence-electron chi connectivity index (χ0n) is 10.8. The molecule has 0 spiro atoms. The molecule has 4 nitrogen and oxygen atoms in total. The minimum Gasteiger partial charge on any atom is -0.340 e. The summed E-state index contributed by atoms with van der Waals surface area (Å²) in [5.74, 6) is 0.253. The summed E-state index contributed by atoms with van der Waals surface area (Å²) in [6, 6.07) is 0.612. The van der Waals surface area contributed by atoms with Crippen LogP contribution < -0.4 is 5.32 Å². The molecule has 0 bridgehead atoms. The highest BCUT2D eigenvalue weighted by Crippen LogP contribution is 2.01. The summed E-state index contributed by atoms with van der Waals surface area (Å²) in [4.78, 5) is 15.8. The molecule has 1 fully saturated rings. The summed E-state index contributed by atoms with van der Waals surface area (Å²) in [5, 5.41) is 3.09. The van der Waals surface area contributed by atoms with Crippen molar-refractivity contribution in [2.45, 2.75) is 32.7 Å². The Hall–Kier alpha value is -0.610. The third-order valence-electron chi connectivity index (χ3n) is 3.26. The van der Waals surface area contributed by atoms with E-state index in [1.165, 1.54) is 6.42 Å². The Morgan fingerprint density at radius 2 is 2.19 bits per heavy atom. The summed E-state index contributed by atoms with van der Waals surface area (Å²) in [5.41, 5.74) is 0. The van der Waals surface area contributed by atoms with Crippen LogP contribution in [0.1, 0.15) is 26.7 Å². The fourth-order valence-electron chi connectivity index (χ4n) is 1.80. The van der Waals surface area contributed by atoms with E-state index < -0.39 is 0 Å². The van der Waals surface area contributed by atoms with Gasteiger partial charge in [-0.1, -0.05) is 0 Å². The molecule has 0 aromatic rings. The van der Waals surface area contributed by atoms with Crippen molar-refractivity contribution in [3.05, 3.63) is 0 Å². The first-order valence-corrected chi connectivity index (χ1v) is 6.30. The SMILES string of the molecule is CC(C)N(C)CCCCN1CCNCC1=O. The van der Waals surface area contributed by atoms with Gasteiger partial charge in [0.15, 0.2) is 0 Å². The first-order valence-electron chi connectivity index (χ1n) is 6.30. The van der Waals surface area contributed by atoms with Crippen LogP contribution in [-0.2, 0) is 4.79 Å². The van der Waals surface area contributed by atoms with Gasteiger partial charge >= 0.3 is 0 Å². The Morgan fingerprint density at radius 1 is 1.44 bits per heavy atom. The van der Waals surface area contributed by atoms with Gasteiger partial charge in [0.25, 0.3) is 0 Å². The van der Waals surface area contributed by atoms with Crippen LogP contribution in [0.4, 0.5) is 0 Å². The number of hydrogen-bond donors (Lipinski definition) is 1. The first kappa shape index (κ1) is 13.5. The number of nitrogens with one attached hydrogen (secondary N) is 1. The quantitative estimate of drug-likeness (QED) is 0.673. The Balaban J connectivity index is 2.08. The number of amides is 1. The molecule has 1 N–H and O–H groups in total. The number of piperazine rings is 1. The average Bonchev–Trinajstić information content (AvgIpc) is 2.26. The van der Waals surface area contributed by atoms with Gasteiger partial charge in [0.2, 0.25) is 5.91 Å². The van der Waals surface area contributed by atoms with Gasteiger partial charge in [-0.3, -0.25) is 4.79 Å². The van der Waals surface area contributed by atoms with Crippen LogP contribution in [-0.4, -0.2) is 61.5 Å². The lowest BCUT2D eigenvalue weighted by atomic mass is 10.2. The fourth-order valence-corrected chi connectivity index (χ4v) is 1.80. The second kappa shape index (κ2) is 6.86. The molecule has 0 aromatic carbocycles. The Morgan fingerprint density at radius 3 is 2.81 bits per heavy atom. The third kappa shape index (κ3) is 4.49. The summed E-state index contributed by atoms with van der Waals surface area (Å²) in [7, 11) is 2.15. The smallest absolute Gasteiger partial charge is 0.236 e. The van der Waals surface area contributed by atoms with Crippen LogP contribution >= 0.6 is 0 Å². The van der Waals surface area contributed by atoms with Crippen LogP contribution in [0, 0.1) is 0 Å². The van der Waals surface area contributed by atoms with Gasteiger partial charge in [-0.2, -0.15) is 0 Å². The molecule has 94 valence electrons. The summed E-state index contributed by atoms with van der Waals surface area (Å²) >= 11 is 0. The molecule has 1 aliphatic rings. The van der Waals surface area contributed by atoms with Crippen molar-refractivity contribution in [3.8, 4) is 0 Å². The molecule has 1 saturated heterocycles. The number of nitrogens with zero attached hydrogens (tertiary/aromatic N) is 2. The Labute approximate surface area is 99.0 Å². The minimum absolute atomic E-state index is 0.253. The van der Waals surface area contributed by atoms with E-state index in [1.807, 2.05) is 4.90 Å². The van der Waals surface area contributed by atoms with Gasteiger partial charge in [-0.05, 0) is 40.3 Å². The molecule has 16 heavy (non-hydrogen) atoms. The van der Waals surface area contributed by atoms with E-state index in [9.17, 15) is 4.79 Å². The van der Waals surface area contributed by atoms with Crippen molar-refractivity contribution in [3.63, 3.8) is 0 Å². The van der Waals surface area contributed by atoms with Gasteiger partial charge < -0.3 is 15.1 Å².